The van der Waals surface area contributed by atoms with Gasteiger partial charge in [0.15, 0.2) is 0 Å². The predicted molar refractivity (Wildman–Crippen MR) is 190 cm³/mol. The highest BCUT2D eigenvalue weighted by Gasteiger charge is 2.40. The Hall–Kier alpha value is -5.11. The molecule has 0 aliphatic carbocycles. The molecule has 2 amide bonds. The van der Waals surface area contributed by atoms with Crippen LogP contribution in [0.15, 0.2) is 79.6 Å². The largest absolute Gasteiger partial charge is 0.444 e. The molecule has 280 valence electrons. The Kier molecular flexibility index (Phi) is 12.9. The normalized spacial score (nSPS) is 15.8. The Morgan fingerprint density at radius 1 is 0.750 bits per heavy atom. The first-order valence-corrected chi connectivity index (χ1v) is 17.2. The van der Waals surface area contributed by atoms with Crippen molar-refractivity contribution in [1.29, 1.82) is 0 Å². The van der Waals surface area contributed by atoms with Crippen LogP contribution in [0.2, 0.25) is 0 Å². The molecule has 14 heteroatoms. The van der Waals surface area contributed by atoms with E-state index in [0.29, 0.717) is 69.1 Å². The molecule has 52 heavy (non-hydrogen) atoms. The van der Waals surface area contributed by atoms with Gasteiger partial charge in [-0.2, -0.15) is 0 Å². The first-order valence-electron chi connectivity index (χ1n) is 17.2. The van der Waals surface area contributed by atoms with Crippen molar-refractivity contribution < 1.29 is 37.7 Å². The molecular formula is C38H48F2N6O6. The highest BCUT2D eigenvalue weighted by atomic mass is 19.1. The summed E-state index contributed by atoms with van der Waals surface area (Å²) >= 11 is 0. The molecular weight excluding hydrogens is 674 g/mol. The molecule has 2 aliphatic rings. The van der Waals surface area contributed by atoms with Crippen molar-refractivity contribution in [1.82, 2.24) is 28.9 Å². The molecule has 0 saturated carbocycles. The van der Waals surface area contributed by atoms with Gasteiger partial charge in [0, 0.05) is 76.6 Å². The van der Waals surface area contributed by atoms with Crippen molar-refractivity contribution >= 4 is 18.0 Å². The number of benzene rings is 2. The molecule has 2 saturated heterocycles. The molecule has 0 spiro atoms. The molecule has 0 radical (unpaired) electrons. The fraction of sp³-hybridized carbons (Fsp3) is 0.447. The minimum absolute atomic E-state index is 0.227. The number of Topliss-reactive ketones (excluding diaryl/α,β-unsaturated/α-hetero) is 1. The number of para-hydroxylation sites is 2. The molecule has 2 aromatic heterocycles. The zero-order chi connectivity index (χ0) is 38.1. The van der Waals surface area contributed by atoms with E-state index in [4.69, 9.17) is 9.47 Å². The van der Waals surface area contributed by atoms with Gasteiger partial charge in [-0.15, -0.1) is 0 Å². The molecule has 4 heterocycles. The summed E-state index contributed by atoms with van der Waals surface area (Å²) in [6.45, 7) is 12.6. The predicted octanol–water partition coefficient (Wildman–Crippen LogP) is 6.83. The zero-order valence-corrected chi connectivity index (χ0v) is 30.6. The molecule has 0 unspecified atom stereocenters. The number of nitrogens with zero attached hydrogens (tertiary/aromatic N) is 6. The lowest BCUT2D eigenvalue weighted by molar-refractivity contribution is -0.121. The van der Waals surface area contributed by atoms with E-state index in [2.05, 4.69) is 9.97 Å². The van der Waals surface area contributed by atoms with Gasteiger partial charge in [-0.3, -0.25) is 9.36 Å². The van der Waals surface area contributed by atoms with E-state index in [1.54, 1.807) is 86.4 Å². The molecule has 0 atom stereocenters. The van der Waals surface area contributed by atoms with Crippen molar-refractivity contribution in [3.05, 3.63) is 97.1 Å². The highest BCUT2D eigenvalue weighted by molar-refractivity contribution is 5.81. The van der Waals surface area contributed by atoms with Crippen LogP contribution in [-0.2, 0) is 19.9 Å². The van der Waals surface area contributed by atoms with Gasteiger partial charge < -0.3 is 28.9 Å². The standard InChI is InChI=1S/C19H24FN3O3.C10H17NO3.C9H7FN2/c1-18(2,3)26-17(24)22-11-8-19(25,9-12-22)16-21-10-13-23(16)15-7-5-4-6-14(15)20;1-10(2,3)14-9(13)11-6-4-8(12)5-7-11;10-8-3-1-2-4-9(8)12-6-5-11-7-12/h4-7,10,13,25H,8-9,11-12H2,1-3H3;4-7H2,1-3H3;1-7H. The number of carbonyl (C=O) groups is 3. The second-order valence-electron chi connectivity index (χ2n) is 14.5. The Morgan fingerprint density at radius 3 is 1.73 bits per heavy atom. The van der Waals surface area contributed by atoms with Gasteiger partial charge in [-0.1, -0.05) is 24.3 Å². The van der Waals surface area contributed by atoms with Crippen LogP contribution in [0.25, 0.3) is 11.4 Å². The minimum Gasteiger partial charge on any atom is -0.444 e. The molecule has 2 fully saturated rings. The highest BCUT2D eigenvalue weighted by Crippen LogP contribution is 2.34. The van der Waals surface area contributed by atoms with Crippen LogP contribution >= 0.6 is 0 Å². The lowest BCUT2D eigenvalue weighted by Crippen LogP contribution is -2.47. The van der Waals surface area contributed by atoms with Gasteiger partial charge >= 0.3 is 12.2 Å². The summed E-state index contributed by atoms with van der Waals surface area (Å²) in [7, 11) is 0. The van der Waals surface area contributed by atoms with Crippen molar-refractivity contribution in [2.45, 2.75) is 84.0 Å². The third-order valence-corrected chi connectivity index (χ3v) is 8.02. The van der Waals surface area contributed by atoms with Crippen LogP contribution in [0, 0.1) is 11.6 Å². The summed E-state index contributed by atoms with van der Waals surface area (Å²) in [4.78, 5) is 45.9. The number of aromatic nitrogens is 4. The van der Waals surface area contributed by atoms with Gasteiger partial charge in [0.2, 0.25) is 0 Å². The molecule has 2 aromatic carbocycles. The smallest absolute Gasteiger partial charge is 0.410 e. The van der Waals surface area contributed by atoms with Gasteiger partial charge in [-0.25, -0.2) is 28.3 Å². The summed E-state index contributed by atoms with van der Waals surface area (Å²) in [5.41, 5.74) is -1.40. The van der Waals surface area contributed by atoms with Crippen LogP contribution in [-0.4, -0.2) is 89.4 Å². The van der Waals surface area contributed by atoms with Crippen LogP contribution in [0.5, 0.6) is 0 Å². The van der Waals surface area contributed by atoms with E-state index in [-0.39, 0.29) is 23.5 Å². The average Bonchev–Trinajstić information content (AvgIpc) is 3.79. The fourth-order valence-corrected chi connectivity index (χ4v) is 5.43. The number of ether oxygens (including phenoxy) is 2. The van der Waals surface area contributed by atoms with Crippen molar-refractivity contribution in [3.8, 4) is 11.4 Å². The maximum Gasteiger partial charge on any atom is 0.410 e. The molecule has 0 bridgehead atoms. The number of amides is 2. The van der Waals surface area contributed by atoms with Crippen molar-refractivity contribution in [3.63, 3.8) is 0 Å². The Balaban J connectivity index is 0.000000195. The monoisotopic (exact) mass is 722 g/mol. The molecule has 1 N–H and O–H groups in total. The number of piperidine rings is 2. The maximum absolute atomic E-state index is 14.2. The van der Waals surface area contributed by atoms with E-state index in [9.17, 15) is 28.3 Å². The number of aliphatic hydroxyl groups is 1. The molecule has 2 aliphatic heterocycles. The second kappa shape index (κ2) is 16.9. The molecule has 6 rings (SSSR count). The van der Waals surface area contributed by atoms with E-state index in [1.165, 1.54) is 12.1 Å². The van der Waals surface area contributed by atoms with Gasteiger partial charge in [0.1, 0.15) is 40.0 Å². The summed E-state index contributed by atoms with van der Waals surface area (Å²) in [6, 6.07) is 12.9. The second-order valence-corrected chi connectivity index (χ2v) is 14.5. The summed E-state index contributed by atoms with van der Waals surface area (Å²) < 4.78 is 41.0. The van der Waals surface area contributed by atoms with E-state index in [1.807, 2.05) is 41.5 Å². The van der Waals surface area contributed by atoms with Crippen LogP contribution in [0.4, 0.5) is 18.4 Å². The van der Waals surface area contributed by atoms with Gasteiger partial charge in [-0.05, 0) is 65.8 Å². The lowest BCUT2D eigenvalue weighted by Gasteiger charge is -2.38. The number of carbonyl (C=O) groups excluding carboxylic acids is 3. The number of halogens is 2. The Labute approximate surface area is 303 Å². The first-order chi connectivity index (χ1) is 24.5. The fourth-order valence-electron chi connectivity index (χ4n) is 5.43. The molecule has 12 nitrogen and oxygen atoms in total. The minimum atomic E-state index is -1.23. The number of rotatable bonds is 3. The topological polar surface area (TPSA) is 132 Å². The number of hydrogen-bond acceptors (Lipinski definition) is 8. The summed E-state index contributed by atoms with van der Waals surface area (Å²) in [6.07, 6.45) is 8.88. The quantitative estimate of drug-likeness (QED) is 0.244. The average molecular weight is 723 g/mol. The maximum atomic E-state index is 14.2. The first kappa shape index (κ1) is 39.7. The number of imidazole rings is 2. The van der Waals surface area contributed by atoms with Gasteiger partial charge in [0.05, 0.1) is 17.7 Å². The van der Waals surface area contributed by atoms with Gasteiger partial charge in [0.25, 0.3) is 0 Å². The third kappa shape index (κ3) is 11.2. The summed E-state index contributed by atoms with van der Waals surface area (Å²) in [5, 5.41) is 11.1. The SMILES string of the molecule is CC(C)(C)OC(=O)N1CCC(=O)CC1.CC(C)(C)OC(=O)N1CCC(O)(c2nccn2-c2ccccc2F)CC1.Fc1ccccc1-n1ccnc1. The number of likely N-dealkylation sites (tertiary alicyclic amines) is 2. The van der Waals surface area contributed by atoms with Crippen LogP contribution in [0.3, 0.4) is 0 Å². The van der Waals surface area contributed by atoms with E-state index in [0.717, 1.165) is 0 Å². The van der Waals surface area contributed by atoms with Crippen LogP contribution in [0.1, 0.15) is 73.1 Å². The number of hydrogen-bond donors (Lipinski definition) is 1. The molecule has 4 aromatic rings. The Bertz CT molecular complexity index is 1780. The zero-order valence-electron chi connectivity index (χ0n) is 30.6. The number of ketones is 1. The van der Waals surface area contributed by atoms with E-state index < -0.39 is 22.9 Å². The van der Waals surface area contributed by atoms with Crippen molar-refractivity contribution in [2.24, 2.45) is 0 Å². The lowest BCUT2D eigenvalue weighted by atomic mass is 9.90. The third-order valence-electron chi connectivity index (χ3n) is 8.02. The van der Waals surface area contributed by atoms with Crippen molar-refractivity contribution in [2.75, 3.05) is 26.2 Å². The Morgan fingerprint density at radius 2 is 1.25 bits per heavy atom. The summed E-state index contributed by atoms with van der Waals surface area (Å²) in [5.74, 6) is -0.0201. The van der Waals surface area contributed by atoms with Crippen LogP contribution < -0.4 is 0 Å². The van der Waals surface area contributed by atoms with E-state index >= 15 is 0 Å².